The van der Waals surface area contributed by atoms with Crippen molar-refractivity contribution in [1.82, 2.24) is 9.80 Å². The summed E-state index contributed by atoms with van der Waals surface area (Å²) in [6.45, 7) is 5.86. The van der Waals surface area contributed by atoms with E-state index < -0.39 is 18.2 Å². The van der Waals surface area contributed by atoms with Gasteiger partial charge in [0.1, 0.15) is 6.61 Å². The molecule has 3 aromatic rings. The lowest BCUT2D eigenvalue weighted by Crippen LogP contribution is -2.50. The normalized spacial score (nSPS) is 16.1. The summed E-state index contributed by atoms with van der Waals surface area (Å²) in [4.78, 5) is 43.1. The number of hydrogen-bond donors (Lipinski definition) is 1. The second-order valence-corrected chi connectivity index (χ2v) is 11.2. The van der Waals surface area contributed by atoms with Crippen LogP contribution in [0.15, 0.2) is 72.8 Å². The molecule has 5 rings (SSSR count). The summed E-state index contributed by atoms with van der Waals surface area (Å²) < 4.78 is 11.5. The van der Waals surface area contributed by atoms with Gasteiger partial charge in [0, 0.05) is 37.8 Å². The number of esters is 1. The maximum atomic E-state index is 13.4. The minimum absolute atomic E-state index is 0.0227. The van der Waals surface area contributed by atoms with Gasteiger partial charge in [0.05, 0.1) is 0 Å². The molecular weight excluding hydrogens is 542 g/mol. The molecule has 0 aromatic heterocycles. The molecule has 2 heterocycles. The van der Waals surface area contributed by atoms with Gasteiger partial charge in [-0.25, -0.2) is 14.4 Å². The van der Waals surface area contributed by atoms with Gasteiger partial charge in [0.15, 0.2) is 0 Å². The first-order chi connectivity index (χ1) is 20.9. The Bertz CT molecular complexity index is 1420. The largest absolute Gasteiger partial charge is 0.458 e. The summed E-state index contributed by atoms with van der Waals surface area (Å²) in [5.41, 5.74) is 6.28. The Morgan fingerprint density at radius 1 is 0.884 bits per heavy atom. The molecular formula is C35H41N3O5. The fraction of sp³-hybridized carbons (Fsp3) is 0.400. The molecule has 43 heavy (non-hydrogen) atoms. The van der Waals surface area contributed by atoms with E-state index in [9.17, 15) is 14.4 Å². The average molecular weight is 584 g/mol. The summed E-state index contributed by atoms with van der Waals surface area (Å²) in [5, 5.41) is 3.03. The number of carbonyl (C=O) groups is 3. The highest BCUT2D eigenvalue weighted by Crippen LogP contribution is 2.25. The van der Waals surface area contributed by atoms with Crippen molar-refractivity contribution >= 4 is 23.8 Å². The van der Waals surface area contributed by atoms with E-state index in [1.165, 1.54) is 11.1 Å². The van der Waals surface area contributed by atoms with Crippen molar-refractivity contribution in [3.8, 4) is 0 Å². The number of nitrogens with one attached hydrogen (secondary N) is 1. The number of anilines is 1. The molecule has 0 aliphatic carbocycles. The molecule has 1 fully saturated rings. The first-order valence-corrected chi connectivity index (χ1v) is 15.4. The lowest BCUT2D eigenvalue weighted by molar-refractivity contribution is -0.155. The number of rotatable bonds is 9. The van der Waals surface area contributed by atoms with Crippen LogP contribution in [0, 0.1) is 0 Å². The van der Waals surface area contributed by atoms with E-state index in [2.05, 4.69) is 31.3 Å². The molecule has 1 N–H and O–H groups in total. The molecule has 0 bridgehead atoms. The van der Waals surface area contributed by atoms with Gasteiger partial charge in [-0.15, -0.1) is 0 Å². The number of carbonyl (C=O) groups excluding carboxylic acids is 3. The van der Waals surface area contributed by atoms with E-state index in [4.69, 9.17) is 9.47 Å². The van der Waals surface area contributed by atoms with E-state index in [0.29, 0.717) is 32.5 Å². The van der Waals surface area contributed by atoms with Crippen LogP contribution in [-0.4, -0.2) is 59.7 Å². The number of ether oxygens (including phenoxy) is 2. The van der Waals surface area contributed by atoms with E-state index in [0.717, 1.165) is 41.6 Å². The van der Waals surface area contributed by atoms with Gasteiger partial charge in [-0.3, -0.25) is 0 Å². The Morgan fingerprint density at radius 2 is 1.60 bits per heavy atom. The number of amides is 3. The minimum atomic E-state index is -1.07. The molecule has 8 nitrogen and oxygen atoms in total. The SMILES string of the molecule is CCc1ccc(CC(OC(=O)N2CCC(N3CCc4ccccc4NC3=O)CC2)C(=O)OCc2ccccc2)cc1CC. The molecule has 1 unspecified atom stereocenters. The van der Waals surface area contributed by atoms with Crippen LogP contribution in [-0.2, 0) is 46.6 Å². The molecule has 2 aliphatic heterocycles. The standard InChI is InChI=1S/C35H41N3O5/c1-3-27-15-14-26(22-28(27)4-2)23-32(33(39)42-24-25-10-6-5-7-11-25)43-35(41)37-19-17-30(18-20-37)38-21-16-29-12-8-9-13-31(29)36-34(38)40/h5-15,22,30,32H,3-4,16-21,23-24H2,1-2H3,(H,36,40). The fourth-order valence-corrected chi connectivity index (χ4v) is 5.98. The van der Waals surface area contributed by atoms with Gasteiger partial charge < -0.3 is 24.6 Å². The van der Waals surface area contributed by atoms with Crippen LogP contribution >= 0.6 is 0 Å². The van der Waals surface area contributed by atoms with E-state index in [1.54, 1.807) is 4.90 Å². The molecule has 2 aliphatic rings. The topological polar surface area (TPSA) is 88.2 Å². The molecule has 3 aromatic carbocycles. The predicted octanol–water partition coefficient (Wildman–Crippen LogP) is 6.16. The second-order valence-electron chi connectivity index (χ2n) is 11.2. The molecule has 226 valence electrons. The third-order valence-electron chi connectivity index (χ3n) is 8.49. The number of benzene rings is 3. The first kappa shape index (κ1) is 30.1. The van der Waals surface area contributed by atoms with Crippen LogP contribution in [0.2, 0.25) is 0 Å². The predicted molar refractivity (Wildman–Crippen MR) is 166 cm³/mol. The third kappa shape index (κ3) is 7.55. The minimum Gasteiger partial charge on any atom is -0.458 e. The number of piperidine rings is 1. The molecule has 3 amide bonds. The van der Waals surface area contributed by atoms with Gasteiger partial charge in [-0.1, -0.05) is 80.6 Å². The summed E-state index contributed by atoms with van der Waals surface area (Å²) in [6, 6.07) is 23.4. The van der Waals surface area contributed by atoms with Gasteiger partial charge in [0.25, 0.3) is 0 Å². The zero-order valence-electron chi connectivity index (χ0n) is 25.1. The Kier molecular flexibility index (Phi) is 9.97. The monoisotopic (exact) mass is 583 g/mol. The second kappa shape index (κ2) is 14.2. The van der Waals surface area contributed by atoms with Crippen LogP contribution in [0.3, 0.4) is 0 Å². The highest BCUT2D eigenvalue weighted by molar-refractivity contribution is 5.91. The summed E-state index contributed by atoms with van der Waals surface area (Å²) >= 11 is 0. The maximum absolute atomic E-state index is 13.4. The maximum Gasteiger partial charge on any atom is 0.410 e. The smallest absolute Gasteiger partial charge is 0.410 e. The van der Waals surface area contributed by atoms with Gasteiger partial charge in [-0.2, -0.15) is 0 Å². The van der Waals surface area contributed by atoms with E-state index >= 15 is 0 Å². The Hall–Kier alpha value is -4.33. The Labute approximate surface area is 254 Å². The summed E-state index contributed by atoms with van der Waals surface area (Å²) in [5.74, 6) is -0.564. The number of hydrogen-bond acceptors (Lipinski definition) is 5. The van der Waals surface area contributed by atoms with Crippen molar-refractivity contribution in [3.05, 3.63) is 101 Å². The van der Waals surface area contributed by atoms with Crippen molar-refractivity contribution in [3.63, 3.8) is 0 Å². The number of urea groups is 1. The van der Waals surface area contributed by atoms with Crippen LogP contribution in [0.25, 0.3) is 0 Å². The number of likely N-dealkylation sites (tertiary alicyclic amines) is 1. The van der Waals surface area contributed by atoms with Crippen LogP contribution < -0.4 is 5.32 Å². The Morgan fingerprint density at radius 3 is 2.35 bits per heavy atom. The Balaban J connectivity index is 1.22. The number of para-hydroxylation sites is 1. The molecule has 1 saturated heterocycles. The zero-order valence-corrected chi connectivity index (χ0v) is 25.1. The lowest BCUT2D eigenvalue weighted by atomic mass is 9.97. The van der Waals surface area contributed by atoms with Crippen molar-refractivity contribution in [1.29, 1.82) is 0 Å². The van der Waals surface area contributed by atoms with Crippen molar-refractivity contribution in [2.75, 3.05) is 25.0 Å². The van der Waals surface area contributed by atoms with Gasteiger partial charge >= 0.3 is 18.1 Å². The number of aryl methyl sites for hydroxylation is 2. The first-order valence-electron chi connectivity index (χ1n) is 15.4. The lowest BCUT2D eigenvalue weighted by Gasteiger charge is -2.37. The molecule has 8 heteroatoms. The third-order valence-corrected chi connectivity index (χ3v) is 8.49. The molecule has 0 radical (unpaired) electrons. The average Bonchev–Trinajstić information content (AvgIpc) is 3.21. The van der Waals surface area contributed by atoms with Crippen LogP contribution in [0.5, 0.6) is 0 Å². The number of fused-ring (bicyclic) bond motifs is 1. The highest BCUT2D eigenvalue weighted by atomic mass is 16.6. The van der Waals surface area contributed by atoms with E-state index in [1.807, 2.05) is 65.6 Å². The molecule has 0 spiro atoms. The quantitative estimate of drug-likeness (QED) is 0.305. The van der Waals surface area contributed by atoms with Crippen LogP contribution in [0.4, 0.5) is 15.3 Å². The summed E-state index contributed by atoms with van der Waals surface area (Å²) in [7, 11) is 0. The van der Waals surface area contributed by atoms with Crippen molar-refractivity contribution in [2.24, 2.45) is 0 Å². The summed E-state index contributed by atoms with van der Waals surface area (Å²) in [6.07, 6.45) is 2.51. The molecule has 1 atom stereocenters. The van der Waals surface area contributed by atoms with E-state index in [-0.39, 0.29) is 25.1 Å². The number of nitrogens with zero attached hydrogens (tertiary/aromatic N) is 2. The van der Waals surface area contributed by atoms with Crippen molar-refractivity contribution in [2.45, 2.75) is 71.1 Å². The fourth-order valence-electron chi connectivity index (χ4n) is 5.98. The van der Waals surface area contributed by atoms with Crippen molar-refractivity contribution < 1.29 is 23.9 Å². The zero-order chi connectivity index (χ0) is 30.2. The highest BCUT2D eigenvalue weighted by Gasteiger charge is 2.34. The van der Waals surface area contributed by atoms with Crippen LogP contribution in [0.1, 0.15) is 54.5 Å². The molecule has 0 saturated carbocycles. The van der Waals surface area contributed by atoms with Gasteiger partial charge in [0.2, 0.25) is 6.10 Å². The van der Waals surface area contributed by atoms with Gasteiger partial charge in [-0.05, 0) is 66.0 Å².